The van der Waals surface area contributed by atoms with E-state index >= 15 is 8.78 Å². The summed E-state index contributed by atoms with van der Waals surface area (Å²) >= 11 is 11.5. The number of piperidine rings is 4. The van der Waals surface area contributed by atoms with Gasteiger partial charge in [-0.1, -0.05) is 5.22 Å². The molecule has 0 radical (unpaired) electrons. The lowest BCUT2D eigenvalue weighted by Gasteiger charge is -2.47. The molecule has 8 fully saturated rings. The van der Waals surface area contributed by atoms with E-state index in [4.69, 9.17) is 54.1 Å². The molecule has 20 rings (SSSR count). The van der Waals surface area contributed by atoms with Gasteiger partial charge in [-0.25, -0.2) is 50.7 Å². The average Bonchev–Trinajstić information content (AvgIpc) is 1.52. The number of nitrogens with two attached hydrogens (primary N) is 1. The van der Waals surface area contributed by atoms with Crippen LogP contribution in [-0.4, -0.2) is 208 Å². The molecule has 11 aliphatic heterocycles. The smallest absolute Gasteiger partial charge is 0.229 e. The topological polar surface area (TPSA) is 392 Å². The van der Waals surface area contributed by atoms with Crippen LogP contribution in [0.2, 0.25) is 10.6 Å². The predicted octanol–water partition coefficient (Wildman–Crippen LogP) is 16.3. The molecule has 0 spiro atoms. The molecule has 9 aromatic rings. The van der Waals surface area contributed by atoms with Gasteiger partial charge in [0.15, 0.2) is 104 Å². The Labute approximate surface area is 752 Å². The average molecular weight is 1830 g/mol. The highest BCUT2D eigenvalue weighted by Gasteiger charge is 2.49. The molecule has 11 aliphatic rings. The van der Waals surface area contributed by atoms with E-state index in [-0.39, 0.29) is 121 Å². The number of nitrogen functional groups attached to an aromatic ring is 1. The predicted molar refractivity (Wildman–Crippen MR) is 473 cm³/mol. The van der Waals surface area contributed by atoms with Crippen molar-refractivity contribution in [3.05, 3.63) is 124 Å². The third-order valence-electron chi connectivity index (χ3n) is 26.4. The summed E-state index contributed by atoms with van der Waals surface area (Å²) in [5, 5.41) is 54.8. The first-order chi connectivity index (χ1) is 61.0. The summed E-state index contributed by atoms with van der Waals surface area (Å²) in [6.07, 6.45) is 21.8. The molecular weight excluding hydrogens is 1720 g/mol. The maximum absolute atomic E-state index is 15.0. The fourth-order valence-electron chi connectivity index (χ4n) is 20.9. The summed E-state index contributed by atoms with van der Waals surface area (Å²) in [6.45, 7) is 33.0. The molecule has 10 N–H and O–H groups in total. The largest absolute Gasteiger partial charge is 0.478 e. The van der Waals surface area contributed by atoms with Crippen LogP contribution >= 0.6 is 23.2 Å². The Morgan fingerprint density at radius 3 is 1.12 bits per heavy atom. The van der Waals surface area contributed by atoms with E-state index in [1.807, 2.05) is 0 Å². The van der Waals surface area contributed by atoms with Crippen molar-refractivity contribution in [2.75, 3.05) is 68.8 Å². The summed E-state index contributed by atoms with van der Waals surface area (Å²) in [6, 6.07) is 11.1. The van der Waals surface area contributed by atoms with E-state index in [2.05, 4.69) is 183 Å². The number of aromatic nitrogens is 16. The Hall–Kier alpha value is -10.9. The lowest BCUT2D eigenvalue weighted by Crippen LogP contribution is -2.55. The Morgan fingerprint density at radius 2 is 0.767 bits per heavy atom. The molecule has 8 atom stereocenters. The normalized spacial score (nSPS) is 24.6. The molecule has 0 aliphatic carbocycles. The quantitative estimate of drug-likeness (QED) is 0.0224. The Balaban J connectivity index is 0.000000122. The van der Waals surface area contributed by atoms with Gasteiger partial charge in [-0.15, -0.1) is 10.2 Å². The summed E-state index contributed by atoms with van der Waals surface area (Å²) in [4.78, 5) is 42.4. The van der Waals surface area contributed by atoms with Crippen molar-refractivity contribution in [1.29, 1.82) is 10.9 Å². The number of nitrogens with one attached hydrogen (secondary N) is 8. The lowest BCUT2D eigenvalue weighted by atomic mass is 9.84. The first kappa shape index (κ1) is 91.4. The monoisotopic (exact) mass is 1830 g/mol. The number of amidine groups is 1. The first-order valence-corrected chi connectivity index (χ1v) is 44.5. The number of fused-ring (bicyclic) bond motifs is 11. The highest BCUT2D eigenvalue weighted by Crippen LogP contribution is 2.48. The maximum Gasteiger partial charge on any atom is 0.229 e. The molecule has 0 amide bonds. The number of anilines is 10. The van der Waals surface area contributed by atoms with Gasteiger partial charge in [0.25, 0.3) is 0 Å². The van der Waals surface area contributed by atoms with Crippen LogP contribution in [0.25, 0.3) is 11.4 Å². The zero-order valence-corrected chi connectivity index (χ0v) is 76.1. The number of benzene rings is 3. The van der Waals surface area contributed by atoms with Gasteiger partial charge in [-0.2, -0.15) is 39.8 Å². The number of nitrogens with zero attached hydrogens (tertiary/aromatic N) is 22. The second-order valence-corrected chi connectivity index (χ2v) is 39.6. The van der Waals surface area contributed by atoms with Crippen LogP contribution in [0.1, 0.15) is 211 Å². The van der Waals surface area contributed by atoms with Crippen LogP contribution in [0.4, 0.5) is 88.7 Å². The summed E-state index contributed by atoms with van der Waals surface area (Å²) in [5.41, 5.74) is 11.8. The van der Waals surface area contributed by atoms with Gasteiger partial charge >= 0.3 is 0 Å². The van der Waals surface area contributed by atoms with Crippen molar-refractivity contribution in [3.63, 3.8) is 0 Å². The minimum absolute atomic E-state index is 0.00833. The molecule has 129 heavy (non-hydrogen) atoms. The third kappa shape index (κ3) is 19.2. The number of ether oxygens (including phenoxy) is 3. The van der Waals surface area contributed by atoms with Gasteiger partial charge in [0.1, 0.15) is 28.6 Å². The van der Waals surface area contributed by atoms with Gasteiger partial charge in [-0.05, 0) is 288 Å². The van der Waals surface area contributed by atoms with Crippen molar-refractivity contribution >= 4 is 87.0 Å². The van der Waals surface area contributed by atoms with Gasteiger partial charge in [0, 0.05) is 100 Å². The number of halogens is 9. The minimum atomic E-state index is -0.972. The number of tetrazole rings is 2. The molecule has 690 valence electrons. The molecule has 34 nitrogen and oxygen atoms in total. The van der Waals surface area contributed by atoms with Gasteiger partial charge in [0.2, 0.25) is 22.5 Å². The lowest BCUT2D eigenvalue weighted by molar-refractivity contribution is 0.0498. The zero-order chi connectivity index (χ0) is 91.9. The molecule has 6 aromatic heterocycles. The van der Waals surface area contributed by atoms with Crippen molar-refractivity contribution in [2.45, 2.75) is 287 Å². The fraction of sp³-hybridized carbons (Fsp3) is 0.570. The molecule has 3 aromatic carbocycles. The van der Waals surface area contributed by atoms with E-state index in [1.54, 1.807) is 53.7 Å². The molecule has 43 heteroatoms. The molecule has 0 bridgehead atoms. The fourth-order valence-corrected chi connectivity index (χ4v) is 21.2. The minimum Gasteiger partial charge on any atom is -0.478 e. The van der Waals surface area contributed by atoms with Crippen molar-refractivity contribution < 1.29 is 44.9 Å². The molecule has 0 saturated carbocycles. The van der Waals surface area contributed by atoms with Crippen LogP contribution in [-0.2, 0) is 11.2 Å². The molecule has 17 heterocycles. The van der Waals surface area contributed by atoms with Crippen molar-refractivity contribution in [1.82, 2.24) is 99.9 Å². The Morgan fingerprint density at radius 1 is 0.426 bits per heavy atom. The molecular formula is C86H110Cl2F7N31O3. The van der Waals surface area contributed by atoms with Gasteiger partial charge in [-0.3, -0.25) is 25.0 Å². The van der Waals surface area contributed by atoms with E-state index < -0.39 is 57.5 Å². The summed E-state index contributed by atoms with van der Waals surface area (Å²) in [7, 11) is 0. The second-order valence-electron chi connectivity index (χ2n) is 38.9. The number of rotatable bonds is 13. The van der Waals surface area contributed by atoms with E-state index in [0.717, 1.165) is 113 Å². The Bertz CT molecular complexity index is 5400. The van der Waals surface area contributed by atoms with Crippen molar-refractivity contribution in [2.24, 2.45) is 5.22 Å². The molecule has 8 saturated heterocycles. The highest BCUT2D eigenvalue weighted by molar-refractivity contribution is 6.28. The van der Waals surface area contributed by atoms with E-state index in [1.165, 1.54) is 79.2 Å². The van der Waals surface area contributed by atoms with Crippen LogP contribution < -0.4 is 56.9 Å². The maximum atomic E-state index is 15.0. The molecule has 0 unspecified atom stereocenters. The van der Waals surface area contributed by atoms with Crippen molar-refractivity contribution in [3.8, 4) is 28.6 Å². The zero-order valence-electron chi connectivity index (χ0n) is 74.6. The van der Waals surface area contributed by atoms with E-state index in [0.29, 0.717) is 64.3 Å². The Kier molecular flexibility index (Phi) is 25.1. The van der Waals surface area contributed by atoms with Crippen LogP contribution in [0.15, 0.2) is 66.4 Å². The highest BCUT2D eigenvalue weighted by atomic mass is 35.5. The third-order valence-corrected chi connectivity index (χ3v) is 26.8. The van der Waals surface area contributed by atoms with E-state index in [9.17, 15) is 22.0 Å². The second kappa shape index (κ2) is 35.4. The van der Waals surface area contributed by atoms with Crippen LogP contribution in [0.3, 0.4) is 0 Å². The van der Waals surface area contributed by atoms with Crippen LogP contribution in [0, 0.1) is 51.7 Å². The summed E-state index contributed by atoms with van der Waals surface area (Å²) < 4.78 is 120. The van der Waals surface area contributed by atoms with Crippen LogP contribution in [0.5, 0.6) is 17.2 Å². The van der Waals surface area contributed by atoms with Gasteiger partial charge < -0.3 is 51.8 Å². The first-order valence-electron chi connectivity index (χ1n) is 43.8. The standard InChI is InChI=1S/2C24H29F2N9O.2C14H20ClFN4.C10H12FN5O/c2*1-23(2)11-14(8-15-6-5-7-34(15)23)28-20-17(26)12-27-22(30-20)29-13-9-16(25)19-18(10-13)35-21(31-32-33-35)24(3,4)36-19;2*1-14(2)7-9(6-10-4-3-5-20(10)14)18-12-11(16)8-17-13(15)19-12;1-10(2)9(13)16(15-14)7-4-6(12)5(11)3-8(7)17-10/h2*9-10,12,14-15H,5-8,11H2,1-4H3,(H2,27,28,29,30);2*8-10H,3-7H2,1-2H3,(H,17,18,19);3-4,13-14H,12H2,1-2H3/t2*14-,15+;2*9-,10+;/m1010./s1. The summed E-state index contributed by atoms with van der Waals surface area (Å²) in [5.74, 6) is -1.52. The number of hydrogen-bond donors (Lipinski definition) is 9. The SMILES string of the molecule is CC1(C)C[C@@H](Nc2nc(Cl)ncc2F)C[C@H]2CCCN21.CC1(C)C[C@H](Nc2nc(Cl)ncc2F)C[C@@H]2CCCN21.CC1(C)Oc2c(F)cc(Nc3ncc(F)c(N[C@@H]4C[C@@H]5CCCN5C(C)(C)C4)n3)cc2-n2nnnc21.CC1(C)Oc2c(F)cc(Nc3ncc(F)c(N[C@H]4C[C@H]5CCCN5C(C)(C)C4)n3)cc2-n2nnnc21.CC1(C)Oc2cc(F)c(N)cc2N(N=N)C1=N. The number of hydrogen-bond acceptors (Lipinski definition) is 31. The van der Waals surface area contributed by atoms with Gasteiger partial charge in [0.05, 0.1) is 30.5 Å².